The summed E-state index contributed by atoms with van der Waals surface area (Å²) in [5.41, 5.74) is 2.53. The average molecular weight is 325 g/mol. The van der Waals surface area contributed by atoms with Crippen LogP contribution in [0.2, 0.25) is 0 Å². The normalized spacial score (nSPS) is 27.2. The van der Waals surface area contributed by atoms with Crippen LogP contribution in [-0.2, 0) is 10.1 Å². The largest absolute Gasteiger partial charge is 0.374 e. The predicted octanol–water partition coefficient (Wildman–Crippen LogP) is 3.43. The molecule has 3 rings (SSSR count). The SMILES string of the molecule is Cc1cc(CBr)cnc1N1CCOC2CCCCC21. The number of anilines is 1. The molecule has 3 nitrogen and oxygen atoms in total. The van der Waals surface area contributed by atoms with Crippen molar-refractivity contribution in [3.05, 3.63) is 23.4 Å². The van der Waals surface area contributed by atoms with E-state index >= 15 is 0 Å². The van der Waals surface area contributed by atoms with Crippen LogP contribution >= 0.6 is 15.9 Å². The molecule has 2 aliphatic rings. The topological polar surface area (TPSA) is 25.4 Å². The first-order valence-electron chi connectivity index (χ1n) is 7.19. The van der Waals surface area contributed by atoms with E-state index in [4.69, 9.17) is 9.72 Å². The van der Waals surface area contributed by atoms with Crippen LogP contribution in [0, 0.1) is 6.92 Å². The van der Waals surface area contributed by atoms with Crippen molar-refractivity contribution in [2.45, 2.75) is 50.1 Å². The number of hydrogen-bond donors (Lipinski definition) is 0. The van der Waals surface area contributed by atoms with Gasteiger partial charge < -0.3 is 9.64 Å². The first-order valence-corrected chi connectivity index (χ1v) is 8.31. The lowest BCUT2D eigenvalue weighted by molar-refractivity contribution is -0.00903. The Morgan fingerprint density at radius 1 is 1.42 bits per heavy atom. The van der Waals surface area contributed by atoms with Gasteiger partial charge in [0.2, 0.25) is 0 Å². The maximum absolute atomic E-state index is 5.94. The molecule has 4 heteroatoms. The summed E-state index contributed by atoms with van der Waals surface area (Å²) in [4.78, 5) is 7.19. The van der Waals surface area contributed by atoms with Crippen molar-refractivity contribution in [2.24, 2.45) is 0 Å². The van der Waals surface area contributed by atoms with Gasteiger partial charge in [0.1, 0.15) is 5.82 Å². The summed E-state index contributed by atoms with van der Waals surface area (Å²) in [5, 5.41) is 0.871. The molecule has 1 aromatic heterocycles. The number of alkyl halides is 1. The molecule has 1 aliphatic carbocycles. The van der Waals surface area contributed by atoms with Crippen molar-refractivity contribution in [3.63, 3.8) is 0 Å². The number of morpholine rings is 1. The summed E-state index contributed by atoms with van der Waals surface area (Å²) in [6, 6.07) is 2.77. The molecule has 2 fully saturated rings. The minimum Gasteiger partial charge on any atom is -0.374 e. The molecular weight excluding hydrogens is 304 g/mol. The maximum atomic E-state index is 5.94. The minimum absolute atomic E-state index is 0.416. The Morgan fingerprint density at radius 3 is 3.05 bits per heavy atom. The van der Waals surface area contributed by atoms with Crippen molar-refractivity contribution in [1.82, 2.24) is 4.98 Å². The fourth-order valence-electron chi connectivity index (χ4n) is 3.36. The lowest BCUT2D eigenvalue weighted by atomic mass is 9.90. The van der Waals surface area contributed by atoms with Gasteiger partial charge in [0.05, 0.1) is 18.8 Å². The second kappa shape index (κ2) is 5.80. The van der Waals surface area contributed by atoms with Gasteiger partial charge >= 0.3 is 0 Å². The highest BCUT2D eigenvalue weighted by atomic mass is 79.9. The van der Waals surface area contributed by atoms with Crippen LogP contribution in [0.1, 0.15) is 36.8 Å². The van der Waals surface area contributed by atoms with Crippen LogP contribution in [-0.4, -0.2) is 30.3 Å². The summed E-state index contributed by atoms with van der Waals surface area (Å²) < 4.78 is 5.94. The van der Waals surface area contributed by atoms with Crippen LogP contribution in [0.3, 0.4) is 0 Å². The molecule has 104 valence electrons. The van der Waals surface area contributed by atoms with E-state index in [1.165, 1.54) is 36.8 Å². The average Bonchev–Trinajstić information content (AvgIpc) is 2.46. The van der Waals surface area contributed by atoms with Crippen molar-refractivity contribution >= 4 is 21.7 Å². The molecule has 1 aromatic rings. The van der Waals surface area contributed by atoms with Gasteiger partial charge in [-0.1, -0.05) is 34.8 Å². The quantitative estimate of drug-likeness (QED) is 0.779. The van der Waals surface area contributed by atoms with Gasteiger partial charge in [0.15, 0.2) is 0 Å². The van der Waals surface area contributed by atoms with E-state index in [2.05, 4.69) is 33.8 Å². The molecule has 2 unspecified atom stereocenters. The Labute approximate surface area is 123 Å². The fraction of sp³-hybridized carbons (Fsp3) is 0.667. The van der Waals surface area contributed by atoms with E-state index in [1.807, 2.05) is 6.20 Å². The number of aromatic nitrogens is 1. The second-order valence-corrected chi connectivity index (χ2v) is 6.13. The highest BCUT2D eigenvalue weighted by molar-refractivity contribution is 9.08. The minimum atomic E-state index is 0.416. The number of hydrogen-bond acceptors (Lipinski definition) is 3. The number of aryl methyl sites for hydroxylation is 1. The zero-order valence-corrected chi connectivity index (χ0v) is 13.0. The highest BCUT2D eigenvalue weighted by Gasteiger charge is 2.35. The van der Waals surface area contributed by atoms with E-state index in [0.29, 0.717) is 12.1 Å². The molecule has 1 aliphatic heterocycles. The van der Waals surface area contributed by atoms with E-state index in [9.17, 15) is 0 Å². The molecule has 0 amide bonds. The third kappa shape index (κ3) is 2.65. The summed E-state index contributed by atoms with van der Waals surface area (Å²) in [6.07, 6.45) is 7.49. The van der Waals surface area contributed by atoms with Crippen molar-refractivity contribution in [2.75, 3.05) is 18.1 Å². The molecule has 0 N–H and O–H groups in total. The van der Waals surface area contributed by atoms with E-state index in [0.717, 1.165) is 24.3 Å². The molecule has 1 saturated heterocycles. The fourth-order valence-corrected chi connectivity index (χ4v) is 3.67. The van der Waals surface area contributed by atoms with Crippen molar-refractivity contribution in [1.29, 1.82) is 0 Å². The van der Waals surface area contributed by atoms with E-state index < -0.39 is 0 Å². The van der Waals surface area contributed by atoms with Gasteiger partial charge in [0.25, 0.3) is 0 Å². The van der Waals surface area contributed by atoms with Crippen LogP contribution in [0.4, 0.5) is 5.82 Å². The van der Waals surface area contributed by atoms with E-state index in [-0.39, 0.29) is 0 Å². The molecule has 2 atom stereocenters. The Morgan fingerprint density at radius 2 is 2.26 bits per heavy atom. The second-order valence-electron chi connectivity index (χ2n) is 5.57. The maximum Gasteiger partial charge on any atom is 0.131 e. The summed E-state index contributed by atoms with van der Waals surface area (Å²) in [7, 11) is 0. The first-order chi connectivity index (χ1) is 9.29. The van der Waals surface area contributed by atoms with Crippen LogP contribution in [0.5, 0.6) is 0 Å². The van der Waals surface area contributed by atoms with Gasteiger partial charge in [-0.3, -0.25) is 0 Å². The summed E-state index contributed by atoms with van der Waals surface area (Å²) in [6.45, 7) is 3.98. The molecular formula is C15H21BrN2O. The summed E-state index contributed by atoms with van der Waals surface area (Å²) in [5.74, 6) is 1.16. The first kappa shape index (κ1) is 13.4. The zero-order chi connectivity index (χ0) is 13.2. The van der Waals surface area contributed by atoms with Gasteiger partial charge in [-0.15, -0.1) is 0 Å². The van der Waals surface area contributed by atoms with Crippen LogP contribution < -0.4 is 4.90 Å². The van der Waals surface area contributed by atoms with Gasteiger partial charge in [0, 0.05) is 18.1 Å². The van der Waals surface area contributed by atoms with E-state index in [1.54, 1.807) is 0 Å². The third-order valence-corrected chi connectivity index (χ3v) is 4.91. The van der Waals surface area contributed by atoms with Gasteiger partial charge in [-0.05, 0) is 30.9 Å². The van der Waals surface area contributed by atoms with Crippen LogP contribution in [0.25, 0.3) is 0 Å². The van der Waals surface area contributed by atoms with Gasteiger partial charge in [-0.2, -0.15) is 0 Å². The number of pyridine rings is 1. The molecule has 0 aromatic carbocycles. The lowest BCUT2D eigenvalue weighted by Crippen LogP contribution is -2.53. The Hall–Kier alpha value is -0.610. The molecule has 1 saturated carbocycles. The number of fused-ring (bicyclic) bond motifs is 1. The Bertz CT molecular complexity index is 450. The number of halogens is 1. The van der Waals surface area contributed by atoms with Gasteiger partial charge in [-0.25, -0.2) is 4.98 Å². The predicted molar refractivity (Wildman–Crippen MR) is 80.9 cm³/mol. The number of rotatable bonds is 2. The molecule has 19 heavy (non-hydrogen) atoms. The van der Waals surface area contributed by atoms with Crippen molar-refractivity contribution in [3.8, 4) is 0 Å². The lowest BCUT2D eigenvalue weighted by Gasteiger charge is -2.44. The number of ether oxygens (including phenoxy) is 1. The Balaban J connectivity index is 1.87. The smallest absolute Gasteiger partial charge is 0.131 e. The van der Waals surface area contributed by atoms with Crippen LogP contribution in [0.15, 0.2) is 12.3 Å². The molecule has 0 bridgehead atoms. The highest BCUT2D eigenvalue weighted by Crippen LogP contribution is 2.32. The number of nitrogens with zero attached hydrogens (tertiary/aromatic N) is 2. The summed E-state index contributed by atoms with van der Waals surface area (Å²) >= 11 is 3.49. The Kier molecular flexibility index (Phi) is 4.08. The zero-order valence-electron chi connectivity index (χ0n) is 11.4. The molecule has 0 radical (unpaired) electrons. The monoisotopic (exact) mass is 324 g/mol. The standard InChI is InChI=1S/C15H21BrN2O/c1-11-8-12(9-16)10-17-15(11)18-6-7-19-14-5-3-2-4-13(14)18/h8,10,13-14H,2-7,9H2,1H3. The third-order valence-electron chi connectivity index (χ3n) is 4.27. The van der Waals surface area contributed by atoms with Crippen molar-refractivity contribution < 1.29 is 4.74 Å². The molecule has 2 heterocycles. The molecule has 0 spiro atoms.